The summed E-state index contributed by atoms with van der Waals surface area (Å²) in [6.07, 6.45) is 0.958. The third-order valence-corrected chi connectivity index (χ3v) is 7.03. The molecule has 2 heterocycles. The van der Waals surface area contributed by atoms with Crippen molar-refractivity contribution in [1.29, 1.82) is 0 Å². The molecule has 0 radical (unpaired) electrons. The molecule has 0 unspecified atom stereocenters. The summed E-state index contributed by atoms with van der Waals surface area (Å²) in [5.74, 6) is -0.923. The lowest BCUT2D eigenvalue weighted by atomic mass is 9.69. The van der Waals surface area contributed by atoms with Gasteiger partial charge in [-0.05, 0) is 12.1 Å². The number of phenolic OH excluding ortho intramolecular Hbond substituents is 2. The first-order valence-electron chi connectivity index (χ1n) is 9.09. The fraction of sp³-hybridized carbons (Fsp3) is 0.429. The van der Waals surface area contributed by atoms with E-state index in [9.17, 15) is 10.2 Å². The molecule has 0 atom stereocenters. The zero-order valence-electron chi connectivity index (χ0n) is 16.3. The molecular weight excluding hydrogens is 458 g/mol. The lowest BCUT2D eigenvalue weighted by Crippen LogP contribution is -2.55. The summed E-state index contributed by atoms with van der Waals surface area (Å²) in [6, 6.07) is 3.34. The molecule has 4 nitrogen and oxygen atoms in total. The standard InChI is InChI=1S/C21H20Cl4O4/c1-19(2)7-21(28-17-9(19)5-11(22)15(26)13(17)24)8-20(3,4)10-6-12(23)16(27)14(25)18(10)29-21/h5-6,26-27H,7-8H2,1-4H3. The van der Waals surface area contributed by atoms with Gasteiger partial charge in [0.15, 0.2) is 23.0 Å². The molecule has 0 saturated heterocycles. The molecule has 2 aromatic carbocycles. The minimum atomic E-state index is -1.11. The molecule has 0 saturated carbocycles. The lowest BCUT2D eigenvalue weighted by molar-refractivity contribution is -0.166. The van der Waals surface area contributed by atoms with Gasteiger partial charge in [-0.3, -0.25) is 0 Å². The van der Waals surface area contributed by atoms with Crippen LogP contribution in [0.2, 0.25) is 20.1 Å². The number of rotatable bonds is 0. The molecule has 2 aliphatic rings. The highest BCUT2D eigenvalue weighted by atomic mass is 35.5. The summed E-state index contributed by atoms with van der Waals surface area (Å²) in [6.45, 7) is 8.14. The van der Waals surface area contributed by atoms with Crippen molar-refractivity contribution in [2.75, 3.05) is 0 Å². The van der Waals surface area contributed by atoms with Crippen LogP contribution in [0.3, 0.4) is 0 Å². The van der Waals surface area contributed by atoms with Gasteiger partial charge in [-0.25, -0.2) is 0 Å². The van der Waals surface area contributed by atoms with Crippen LogP contribution >= 0.6 is 46.4 Å². The fourth-order valence-corrected chi connectivity index (χ4v) is 5.51. The minimum Gasteiger partial charge on any atom is -0.505 e. The first-order valence-corrected chi connectivity index (χ1v) is 10.6. The lowest BCUT2D eigenvalue weighted by Gasteiger charge is -2.51. The third-order valence-electron chi connectivity index (χ3n) is 5.76. The van der Waals surface area contributed by atoms with Crippen molar-refractivity contribution in [3.63, 3.8) is 0 Å². The zero-order valence-corrected chi connectivity index (χ0v) is 19.3. The highest BCUT2D eigenvalue weighted by Gasteiger charge is 2.54. The normalized spacial score (nSPS) is 20.4. The van der Waals surface area contributed by atoms with Gasteiger partial charge in [0.2, 0.25) is 0 Å². The van der Waals surface area contributed by atoms with E-state index >= 15 is 0 Å². The largest absolute Gasteiger partial charge is 0.505 e. The highest BCUT2D eigenvalue weighted by molar-refractivity contribution is 6.39. The Morgan fingerprint density at radius 1 is 0.724 bits per heavy atom. The van der Waals surface area contributed by atoms with Crippen LogP contribution in [0.15, 0.2) is 12.1 Å². The van der Waals surface area contributed by atoms with Crippen LogP contribution in [-0.2, 0) is 10.8 Å². The van der Waals surface area contributed by atoms with E-state index in [4.69, 9.17) is 55.9 Å². The molecule has 156 valence electrons. The van der Waals surface area contributed by atoms with Crippen LogP contribution < -0.4 is 9.47 Å². The molecule has 0 aromatic heterocycles. The predicted octanol–water partition coefficient (Wildman–Crippen LogP) is 7.23. The quantitative estimate of drug-likeness (QED) is 0.420. The van der Waals surface area contributed by atoms with Crippen molar-refractivity contribution >= 4 is 46.4 Å². The number of halogens is 4. The van der Waals surface area contributed by atoms with Gasteiger partial charge >= 0.3 is 0 Å². The number of ether oxygens (including phenoxy) is 2. The van der Waals surface area contributed by atoms with Gasteiger partial charge in [0, 0.05) is 34.8 Å². The Morgan fingerprint density at radius 3 is 1.41 bits per heavy atom. The van der Waals surface area contributed by atoms with Crippen LogP contribution in [-0.4, -0.2) is 16.0 Å². The van der Waals surface area contributed by atoms with E-state index < -0.39 is 16.6 Å². The molecule has 0 amide bonds. The van der Waals surface area contributed by atoms with Gasteiger partial charge in [-0.2, -0.15) is 0 Å². The Kier molecular flexibility index (Phi) is 4.64. The number of benzene rings is 2. The second kappa shape index (κ2) is 6.40. The molecule has 2 aliphatic heterocycles. The SMILES string of the molecule is CC1(C)CC2(CC(C)(C)c3cc(Cl)c(O)c(Cl)c3O2)Oc2c1cc(Cl)c(O)c2Cl. The van der Waals surface area contributed by atoms with E-state index in [-0.39, 0.29) is 31.6 Å². The second-order valence-electron chi connectivity index (χ2n) is 9.03. The number of fused-ring (bicyclic) bond motifs is 2. The molecule has 2 aromatic rings. The molecule has 1 spiro atoms. The summed E-state index contributed by atoms with van der Waals surface area (Å²) in [4.78, 5) is 0. The Labute approximate surface area is 189 Å². The second-order valence-corrected chi connectivity index (χ2v) is 10.6. The summed E-state index contributed by atoms with van der Waals surface area (Å²) in [5.41, 5.74) is 0.716. The number of aromatic hydroxyl groups is 2. The zero-order chi connectivity index (χ0) is 21.5. The number of hydrogen-bond donors (Lipinski definition) is 2. The summed E-state index contributed by atoms with van der Waals surface area (Å²) in [7, 11) is 0. The van der Waals surface area contributed by atoms with Crippen molar-refractivity contribution < 1.29 is 19.7 Å². The van der Waals surface area contributed by atoms with Gasteiger partial charge in [-0.1, -0.05) is 74.1 Å². The first-order chi connectivity index (χ1) is 13.3. The van der Waals surface area contributed by atoms with Crippen LogP contribution in [0.1, 0.15) is 51.7 Å². The molecular formula is C21H20Cl4O4. The van der Waals surface area contributed by atoms with E-state index in [0.717, 1.165) is 11.1 Å². The number of hydrogen-bond acceptors (Lipinski definition) is 4. The molecule has 0 bridgehead atoms. The average Bonchev–Trinajstić information content (AvgIpc) is 2.60. The van der Waals surface area contributed by atoms with Crippen molar-refractivity contribution in [2.24, 2.45) is 0 Å². The van der Waals surface area contributed by atoms with Crippen LogP contribution in [0.4, 0.5) is 0 Å². The fourth-order valence-electron chi connectivity index (χ4n) is 4.52. The first kappa shape index (κ1) is 21.0. The van der Waals surface area contributed by atoms with Gasteiger partial charge in [0.1, 0.15) is 10.0 Å². The summed E-state index contributed by atoms with van der Waals surface area (Å²) in [5, 5.41) is 20.9. The average molecular weight is 478 g/mol. The molecule has 0 fully saturated rings. The van der Waals surface area contributed by atoms with Crippen LogP contribution in [0, 0.1) is 0 Å². The Morgan fingerprint density at radius 2 is 1.07 bits per heavy atom. The predicted molar refractivity (Wildman–Crippen MR) is 116 cm³/mol. The molecule has 0 aliphatic carbocycles. The molecule has 4 rings (SSSR count). The van der Waals surface area contributed by atoms with Crippen molar-refractivity contribution in [1.82, 2.24) is 0 Å². The van der Waals surface area contributed by atoms with Gasteiger partial charge in [0.05, 0.1) is 10.0 Å². The minimum absolute atomic E-state index is 0.0388. The highest BCUT2D eigenvalue weighted by Crippen LogP contribution is 2.59. The summed E-state index contributed by atoms with van der Waals surface area (Å²) < 4.78 is 12.7. The third kappa shape index (κ3) is 3.11. The van der Waals surface area contributed by atoms with Gasteiger partial charge < -0.3 is 19.7 Å². The maximum atomic E-state index is 10.2. The van der Waals surface area contributed by atoms with Crippen molar-refractivity contribution in [2.45, 2.75) is 57.2 Å². The van der Waals surface area contributed by atoms with E-state index in [0.29, 0.717) is 24.3 Å². The van der Waals surface area contributed by atoms with E-state index in [1.54, 1.807) is 12.1 Å². The smallest absolute Gasteiger partial charge is 0.253 e. The van der Waals surface area contributed by atoms with Crippen molar-refractivity contribution in [3.05, 3.63) is 43.4 Å². The maximum absolute atomic E-state index is 10.2. The monoisotopic (exact) mass is 476 g/mol. The molecule has 8 heteroatoms. The number of phenols is 2. The topological polar surface area (TPSA) is 58.9 Å². The van der Waals surface area contributed by atoms with Crippen LogP contribution in [0.5, 0.6) is 23.0 Å². The van der Waals surface area contributed by atoms with E-state index in [1.165, 1.54) is 0 Å². The summed E-state index contributed by atoms with van der Waals surface area (Å²) >= 11 is 25.1. The Bertz CT molecular complexity index is 962. The van der Waals surface area contributed by atoms with Crippen molar-refractivity contribution in [3.8, 4) is 23.0 Å². The molecule has 29 heavy (non-hydrogen) atoms. The molecule has 2 N–H and O–H groups in total. The van der Waals surface area contributed by atoms with E-state index in [1.807, 2.05) is 27.7 Å². The van der Waals surface area contributed by atoms with E-state index in [2.05, 4.69) is 0 Å². The van der Waals surface area contributed by atoms with Crippen LogP contribution in [0.25, 0.3) is 0 Å². The van der Waals surface area contributed by atoms with Gasteiger partial charge in [-0.15, -0.1) is 0 Å². The Balaban J connectivity index is 1.91. The maximum Gasteiger partial charge on any atom is 0.253 e. The van der Waals surface area contributed by atoms with Gasteiger partial charge in [0.25, 0.3) is 5.79 Å². The Hall–Kier alpha value is -1.20.